The smallest absolute Gasteiger partial charge is 0.267 e. The van der Waals surface area contributed by atoms with E-state index >= 15 is 0 Å². The summed E-state index contributed by atoms with van der Waals surface area (Å²) in [5, 5.41) is 6.36. The molecule has 0 atom stereocenters. The van der Waals surface area contributed by atoms with E-state index in [9.17, 15) is 22.8 Å². The molecule has 0 radical (unpaired) electrons. The molecule has 0 saturated heterocycles. The molecule has 0 saturated carbocycles. The first-order chi connectivity index (χ1) is 12.4. The number of hydrogen-bond donors (Lipinski definition) is 1. The number of rotatable bonds is 4. The molecule has 0 aliphatic rings. The zero-order chi connectivity index (χ0) is 18.7. The summed E-state index contributed by atoms with van der Waals surface area (Å²) < 4.78 is 40.2. The normalized spacial score (nSPS) is 10.6. The third-order valence-corrected chi connectivity index (χ3v) is 3.45. The molecule has 0 bridgehead atoms. The van der Waals surface area contributed by atoms with Crippen LogP contribution in [0.5, 0.6) is 0 Å². The maximum atomic E-state index is 13.2. The average Bonchev–Trinajstić information content (AvgIpc) is 2.56. The number of nitrogens with zero attached hydrogens (tertiary/aromatic N) is 2. The summed E-state index contributed by atoms with van der Waals surface area (Å²) in [5.74, 6) is -2.77. The van der Waals surface area contributed by atoms with Crippen molar-refractivity contribution in [3.63, 3.8) is 0 Å². The SMILES string of the molecule is O=C(Cn1nc(-c2ccc(F)cc2)ccc1=O)Nc1cc(F)cc(F)c1. The molecule has 0 aliphatic heterocycles. The lowest BCUT2D eigenvalue weighted by Crippen LogP contribution is -2.29. The fourth-order valence-corrected chi connectivity index (χ4v) is 2.30. The van der Waals surface area contributed by atoms with Crippen molar-refractivity contribution in [2.45, 2.75) is 6.54 Å². The van der Waals surface area contributed by atoms with Gasteiger partial charge in [-0.3, -0.25) is 9.59 Å². The molecule has 1 aromatic heterocycles. The van der Waals surface area contributed by atoms with Gasteiger partial charge in [-0.25, -0.2) is 17.9 Å². The minimum atomic E-state index is -0.839. The Morgan fingerprint density at radius 2 is 1.58 bits per heavy atom. The first-order valence-corrected chi connectivity index (χ1v) is 7.51. The quantitative estimate of drug-likeness (QED) is 0.779. The van der Waals surface area contributed by atoms with Gasteiger partial charge in [-0.1, -0.05) is 0 Å². The van der Waals surface area contributed by atoms with Crippen molar-refractivity contribution in [1.29, 1.82) is 0 Å². The lowest BCUT2D eigenvalue weighted by Gasteiger charge is -2.08. The molecule has 3 rings (SSSR count). The van der Waals surface area contributed by atoms with E-state index in [-0.39, 0.29) is 5.69 Å². The fourth-order valence-electron chi connectivity index (χ4n) is 2.30. The number of hydrogen-bond acceptors (Lipinski definition) is 3. The van der Waals surface area contributed by atoms with Crippen LogP contribution in [0.4, 0.5) is 18.9 Å². The highest BCUT2D eigenvalue weighted by Crippen LogP contribution is 2.16. The van der Waals surface area contributed by atoms with E-state index in [1.54, 1.807) is 0 Å². The summed E-state index contributed by atoms with van der Waals surface area (Å²) in [6.07, 6.45) is 0. The van der Waals surface area contributed by atoms with Crippen LogP contribution < -0.4 is 10.9 Å². The minimum absolute atomic E-state index is 0.0739. The molecule has 0 fully saturated rings. The number of aromatic nitrogens is 2. The van der Waals surface area contributed by atoms with Crippen LogP contribution in [0.25, 0.3) is 11.3 Å². The molecule has 3 aromatic rings. The third kappa shape index (κ3) is 4.15. The van der Waals surface area contributed by atoms with Gasteiger partial charge in [-0.2, -0.15) is 5.10 Å². The Morgan fingerprint density at radius 1 is 0.923 bits per heavy atom. The average molecular weight is 359 g/mol. The Balaban J connectivity index is 1.80. The molecule has 0 unspecified atom stereocenters. The van der Waals surface area contributed by atoms with Gasteiger partial charge in [0.2, 0.25) is 5.91 Å². The van der Waals surface area contributed by atoms with E-state index in [0.29, 0.717) is 17.3 Å². The molecular formula is C18H12F3N3O2. The molecule has 0 aliphatic carbocycles. The second kappa shape index (κ2) is 7.22. The van der Waals surface area contributed by atoms with Crippen molar-refractivity contribution in [3.05, 3.63) is 82.4 Å². The van der Waals surface area contributed by atoms with Gasteiger partial charge in [0.05, 0.1) is 5.69 Å². The van der Waals surface area contributed by atoms with E-state index < -0.39 is 35.5 Å². The molecule has 1 amide bonds. The van der Waals surface area contributed by atoms with Crippen LogP contribution in [0, 0.1) is 17.5 Å². The van der Waals surface area contributed by atoms with Crippen LogP contribution in [0.3, 0.4) is 0 Å². The monoisotopic (exact) mass is 359 g/mol. The summed E-state index contributed by atoms with van der Waals surface area (Å²) in [7, 11) is 0. The number of benzene rings is 2. The summed E-state index contributed by atoms with van der Waals surface area (Å²) in [5.41, 5.74) is 0.327. The van der Waals surface area contributed by atoms with E-state index in [2.05, 4.69) is 10.4 Å². The van der Waals surface area contributed by atoms with Crippen LogP contribution in [-0.4, -0.2) is 15.7 Å². The second-order valence-electron chi connectivity index (χ2n) is 5.43. The van der Waals surface area contributed by atoms with Gasteiger partial charge in [0.15, 0.2) is 0 Å². The van der Waals surface area contributed by atoms with Crippen molar-refractivity contribution < 1.29 is 18.0 Å². The molecule has 132 valence electrons. The van der Waals surface area contributed by atoms with Gasteiger partial charge in [0.25, 0.3) is 5.56 Å². The lowest BCUT2D eigenvalue weighted by atomic mass is 10.1. The number of anilines is 1. The van der Waals surface area contributed by atoms with Gasteiger partial charge >= 0.3 is 0 Å². The van der Waals surface area contributed by atoms with Gasteiger partial charge in [0.1, 0.15) is 24.0 Å². The van der Waals surface area contributed by atoms with Crippen LogP contribution in [-0.2, 0) is 11.3 Å². The van der Waals surface area contributed by atoms with Crippen LogP contribution >= 0.6 is 0 Å². The van der Waals surface area contributed by atoms with Gasteiger partial charge < -0.3 is 5.32 Å². The van der Waals surface area contributed by atoms with E-state index in [0.717, 1.165) is 16.8 Å². The maximum Gasteiger partial charge on any atom is 0.267 e. The predicted octanol–water partition coefficient (Wildman–Crippen LogP) is 2.97. The largest absolute Gasteiger partial charge is 0.324 e. The molecule has 26 heavy (non-hydrogen) atoms. The zero-order valence-electron chi connectivity index (χ0n) is 13.2. The summed E-state index contributed by atoms with van der Waals surface area (Å²) in [6.45, 7) is -0.452. The van der Waals surface area contributed by atoms with Crippen LogP contribution in [0.1, 0.15) is 0 Å². The molecule has 0 spiro atoms. The fraction of sp³-hybridized carbons (Fsp3) is 0.0556. The molecule has 8 heteroatoms. The highest BCUT2D eigenvalue weighted by atomic mass is 19.1. The van der Waals surface area contributed by atoms with Crippen LogP contribution in [0.2, 0.25) is 0 Å². The zero-order valence-corrected chi connectivity index (χ0v) is 13.2. The summed E-state index contributed by atoms with van der Waals surface area (Å²) >= 11 is 0. The molecule has 1 N–H and O–H groups in total. The molecule has 5 nitrogen and oxygen atoms in total. The van der Waals surface area contributed by atoms with Crippen molar-refractivity contribution in [1.82, 2.24) is 9.78 Å². The molecule has 2 aromatic carbocycles. The van der Waals surface area contributed by atoms with Crippen molar-refractivity contribution >= 4 is 11.6 Å². The van der Waals surface area contributed by atoms with Crippen LogP contribution in [0.15, 0.2) is 59.4 Å². The van der Waals surface area contributed by atoms with Gasteiger partial charge in [-0.05, 0) is 42.5 Å². The maximum absolute atomic E-state index is 13.2. The second-order valence-corrected chi connectivity index (χ2v) is 5.43. The predicted molar refractivity (Wildman–Crippen MR) is 88.9 cm³/mol. The Bertz CT molecular complexity index is 997. The Morgan fingerprint density at radius 3 is 2.23 bits per heavy atom. The van der Waals surface area contributed by atoms with Crippen molar-refractivity contribution in [3.8, 4) is 11.3 Å². The number of amides is 1. The Hall–Kier alpha value is -3.42. The summed E-state index contributed by atoms with van der Waals surface area (Å²) in [6, 6.07) is 10.7. The van der Waals surface area contributed by atoms with E-state index in [1.807, 2.05) is 0 Å². The summed E-state index contributed by atoms with van der Waals surface area (Å²) in [4.78, 5) is 23.9. The highest BCUT2D eigenvalue weighted by molar-refractivity contribution is 5.90. The lowest BCUT2D eigenvalue weighted by molar-refractivity contribution is -0.117. The standard InChI is InChI=1S/C18H12F3N3O2/c19-12-3-1-11(2-4-12)16-5-6-18(26)24(23-16)10-17(25)22-15-8-13(20)7-14(21)9-15/h1-9H,10H2,(H,22,25). The van der Waals surface area contributed by atoms with E-state index in [4.69, 9.17) is 0 Å². The van der Waals surface area contributed by atoms with Crippen molar-refractivity contribution in [2.75, 3.05) is 5.32 Å². The number of carbonyl (C=O) groups is 1. The highest BCUT2D eigenvalue weighted by Gasteiger charge is 2.10. The van der Waals surface area contributed by atoms with Gasteiger partial charge in [-0.15, -0.1) is 0 Å². The number of carbonyl (C=O) groups excluding carboxylic acids is 1. The number of halogens is 3. The van der Waals surface area contributed by atoms with E-state index in [1.165, 1.54) is 36.4 Å². The van der Waals surface area contributed by atoms with Crippen molar-refractivity contribution in [2.24, 2.45) is 0 Å². The Kier molecular flexibility index (Phi) is 4.83. The third-order valence-electron chi connectivity index (χ3n) is 3.45. The molecule has 1 heterocycles. The van der Waals surface area contributed by atoms with Gasteiger partial charge in [0, 0.05) is 23.4 Å². The molecular weight excluding hydrogens is 347 g/mol. The first kappa shape index (κ1) is 17.4. The Labute approximate surface area is 145 Å². The topological polar surface area (TPSA) is 64.0 Å². The number of nitrogens with one attached hydrogen (secondary N) is 1. The minimum Gasteiger partial charge on any atom is -0.324 e. The first-order valence-electron chi connectivity index (χ1n) is 7.51.